The van der Waals surface area contributed by atoms with Crippen LogP contribution in [-0.4, -0.2) is 29.0 Å². The van der Waals surface area contributed by atoms with Crippen molar-refractivity contribution in [3.05, 3.63) is 23.5 Å². The van der Waals surface area contributed by atoms with Crippen LogP contribution in [0.1, 0.15) is 29.1 Å². The summed E-state index contributed by atoms with van der Waals surface area (Å²) in [5.41, 5.74) is 0.854. The van der Waals surface area contributed by atoms with Crippen LogP contribution in [0, 0.1) is 0 Å². The van der Waals surface area contributed by atoms with Gasteiger partial charge in [0, 0.05) is 5.69 Å². The van der Waals surface area contributed by atoms with Gasteiger partial charge in [-0.05, 0) is 19.1 Å². The maximum atomic E-state index is 11.3. The lowest BCUT2D eigenvalue weighted by molar-refractivity contribution is -0.144. The van der Waals surface area contributed by atoms with Crippen molar-refractivity contribution >= 4 is 12.3 Å². The van der Waals surface area contributed by atoms with Crippen LogP contribution in [-0.2, 0) is 16.1 Å². The minimum absolute atomic E-state index is 0.227. The molecule has 1 rings (SSSR count). The summed E-state index contributed by atoms with van der Waals surface area (Å²) < 4.78 is 6.03. The molecule has 0 amide bonds. The van der Waals surface area contributed by atoms with Gasteiger partial charge in [0.15, 0.2) is 6.29 Å². The number of hydrogen-bond acceptors (Lipinski definition) is 4. The number of aliphatic hydroxyl groups excluding tert-OH is 1. The molecule has 5 nitrogen and oxygen atoms in total. The molecule has 0 aliphatic carbocycles. The second kappa shape index (κ2) is 4.75. The van der Waals surface area contributed by atoms with Gasteiger partial charge in [0.1, 0.15) is 6.04 Å². The van der Waals surface area contributed by atoms with E-state index in [9.17, 15) is 9.59 Å². The highest BCUT2D eigenvalue weighted by molar-refractivity contribution is 5.78. The Morgan fingerprint density at radius 3 is 2.80 bits per heavy atom. The number of ether oxygens (including phenoxy) is 1. The van der Waals surface area contributed by atoms with Gasteiger partial charge in [-0.3, -0.25) is 4.79 Å². The van der Waals surface area contributed by atoms with E-state index in [1.165, 1.54) is 11.7 Å². The molecule has 0 spiro atoms. The van der Waals surface area contributed by atoms with Crippen molar-refractivity contribution in [2.45, 2.75) is 19.6 Å². The molecule has 1 N–H and O–H groups in total. The Balaban J connectivity index is 3.14. The van der Waals surface area contributed by atoms with Crippen LogP contribution >= 0.6 is 0 Å². The molecule has 1 atom stereocenters. The van der Waals surface area contributed by atoms with Gasteiger partial charge < -0.3 is 14.4 Å². The molecule has 1 unspecified atom stereocenters. The van der Waals surface area contributed by atoms with Crippen molar-refractivity contribution in [3.63, 3.8) is 0 Å². The molecule has 0 saturated heterocycles. The smallest absolute Gasteiger partial charge is 0.328 e. The first kappa shape index (κ1) is 11.5. The predicted molar refractivity (Wildman–Crippen MR) is 52.5 cm³/mol. The summed E-state index contributed by atoms with van der Waals surface area (Å²) in [5, 5.41) is 9.04. The average Bonchev–Trinajstić information content (AvgIpc) is 2.69. The summed E-state index contributed by atoms with van der Waals surface area (Å²) in [6.07, 6.45) is 0.638. The van der Waals surface area contributed by atoms with E-state index in [1.807, 2.05) is 0 Å². The highest BCUT2D eigenvalue weighted by Gasteiger charge is 2.20. The third kappa shape index (κ3) is 2.07. The summed E-state index contributed by atoms with van der Waals surface area (Å²) in [4.78, 5) is 22.0. The van der Waals surface area contributed by atoms with Gasteiger partial charge in [0.25, 0.3) is 0 Å². The van der Waals surface area contributed by atoms with Gasteiger partial charge in [0.2, 0.25) is 0 Å². The highest BCUT2D eigenvalue weighted by Crippen LogP contribution is 2.16. The van der Waals surface area contributed by atoms with Gasteiger partial charge in [-0.25, -0.2) is 4.79 Å². The molecule has 0 aliphatic heterocycles. The summed E-state index contributed by atoms with van der Waals surface area (Å²) in [5.74, 6) is -0.455. The molecule has 0 radical (unpaired) electrons. The average molecular weight is 211 g/mol. The number of aliphatic hydroxyl groups is 1. The van der Waals surface area contributed by atoms with Crippen molar-refractivity contribution in [2.24, 2.45) is 0 Å². The van der Waals surface area contributed by atoms with E-state index in [0.29, 0.717) is 17.7 Å². The Hall–Kier alpha value is -1.62. The number of aldehydes is 1. The lowest BCUT2D eigenvalue weighted by Crippen LogP contribution is -2.21. The van der Waals surface area contributed by atoms with Crippen LogP contribution in [0.4, 0.5) is 0 Å². The van der Waals surface area contributed by atoms with Crippen molar-refractivity contribution in [1.29, 1.82) is 0 Å². The Morgan fingerprint density at radius 2 is 2.33 bits per heavy atom. The number of carbonyl (C=O) groups is 2. The summed E-state index contributed by atoms with van der Waals surface area (Å²) in [6, 6.07) is 2.54. The number of carbonyl (C=O) groups excluding carboxylic acids is 2. The molecule has 0 aromatic carbocycles. The van der Waals surface area contributed by atoms with Crippen LogP contribution in [0.25, 0.3) is 0 Å². The zero-order chi connectivity index (χ0) is 11.4. The van der Waals surface area contributed by atoms with Crippen molar-refractivity contribution in [1.82, 2.24) is 4.57 Å². The van der Waals surface area contributed by atoms with E-state index in [4.69, 9.17) is 5.11 Å². The predicted octanol–water partition coefficient (Wildman–Crippen LogP) is 0.527. The first-order valence-electron chi connectivity index (χ1n) is 4.49. The molecule has 0 saturated carbocycles. The molecule has 0 fully saturated rings. The Morgan fingerprint density at radius 1 is 1.67 bits per heavy atom. The molecule has 0 bridgehead atoms. The van der Waals surface area contributed by atoms with Gasteiger partial charge in [0.05, 0.1) is 19.4 Å². The number of hydrogen-bond donors (Lipinski definition) is 1. The highest BCUT2D eigenvalue weighted by atomic mass is 16.5. The normalized spacial score (nSPS) is 12.2. The fraction of sp³-hybridized carbons (Fsp3) is 0.400. The summed E-state index contributed by atoms with van der Waals surface area (Å²) in [6.45, 7) is 1.38. The van der Waals surface area contributed by atoms with Crippen molar-refractivity contribution < 1.29 is 19.4 Å². The Bertz CT molecular complexity index is 369. The molecular weight excluding hydrogens is 198 g/mol. The first-order valence-corrected chi connectivity index (χ1v) is 4.49. The number of methoxy groups -OCH3 is 1. The molecular formula is C10H13NO4. The fourth-order valence-electron chi connectivity index (χ4n) is 1.48. The SMILES string of the molecule is COC(=O)C(C)n1c(C=O)ccc1CO. The largest absolute Gasteiger partial charge is 0.467 e. The van der Waals surface area contributed by atoms with Crippen LogP contribution in [0.3, 0.4) is 0 Å². The molecule has 1 aromatic rings. The second-order valence-corrected chi connectivity index (χ2v) is 3.09. The van der Waals surface area contributed by atoms with E-state index in [1.54, 1.807) is 19.1 Å². The Kier molecular flexibility index (Phi) is 3.62. The lowest BCUT2D eigenvalue weighted by Gasteiger charge is -2.15. The standard InChI is InChI=1S/C10H13NO4/c1-7(10(14)15-2)11-8(5-12)3-4-9(11)6-13/h3-5,7,13H,6H2,1-2H3. The van der Waals surface area contributed by atoms with Gasteiger partial charge in [-0.15, -0.1) is 0 Å². The molecule has 15 heavy (non-hydrogen) atoms. The maximum absolute atomic E-state index is 11.3. The van der Waals surface area contributed by atoms with E-state index in [0.717, 1.165) is 0 Å². The van der Waals surface area contributed by atoms with Crippen LogP contribution in [0.5, 0.6) is 0 Å². The zero-order valence-electron chi connectivity index (χ0n) is 8.64. The third-order valence-electron chi connectivity index (χ3n) is 2.25. The minimum atomic E-state index is -0.618. The number of rotatable bonds is 4. The van der Waals surface area contributed by atoms with Crippen molar-refractivity contribution in [3.8, 4) is 0 Å². The second-order valence-electron chi connectivity index (χ2n) is 3.09. The van der Waals surface area contributed by atoms with E-state index >= 15 is 0 Å². The third-order valence-corrected chi connectivity index (χ3v) is 2.25. The first-order chi connectivity index (χ1) is 7.15. The number of aromatic nitrogens is 1. The van der Waals surface area contributed by atoms with Crippen LogP contribution in [0.15, 0.2) is 12.1 Å². The van der Waals surface area contributed by atoms with Crippen LogP contribution < -0.4 is 0 Å². The topological polar surface area (TPSA) is 68.5 Å². The van der Waals surface area contributed by atoms with Gasteiger partial charge >= 0.3 is 5.97 Å². The van der Waals surface area contributed by atoms with Gasteiger partial charge in [-0.1, -0.05) is 0 Å². The number of nitrogens with zero attached hydrogens (tertiary/aromatic N) is 1. The summed E-state index contributed by atoms with van der Waals surface area (Å²) in [7, 11) is 1.28. The maximum Gasteiger partial charge on any atom is 0.328 e. The zero-order valence-corrected chi connectivity index (χ0v) is 8.64. The molecule has 1 heterocycles. The van der Waals surface area contributed by atoms with Crippen LogP contribution in [0.2, 0.25) is 0 Å². The van der Waals surface area contributed by atoms with E-state index in [2.05, 4.69) is 4.74 Å². The Labute approximate surface area is 87.3 Å². The fourth-order valence-corrected chi connectivity index (χ4v) is 1.48. The van der Waals surface area contributed by atoms with Gasteiger partial charge in [-0.2, -0.15) is 0 Å². The van der Waals surface area contributed by atoms with E-state index in [-0.39, 0.29) is 6.61 Å². The molecule has 5 heteroatoms. The van der Waals surface area contributed by atoms with E-state index < -0.39 is 12.0 Å². The number of esters is 1. The molecule has 1 aromatic heterocycles. The van der Waals surface area contributed by atoms with Crippen molar-refractivity contribution in [2.75, 3.05) is 7.11 Å². The minimum Gasteiger partial charge on any atom is -0.467 e. The molecule has 82 valence electrons. The summed E-state index contributed by atoms with van der Waals surface area (Å²) >= 11 is 0. The monoisotopic (exact) mass is 211 g/mol. The quantitative estimate of drug-likeness (QED) is 0.582. The molecule has 0 aliphatic rings. The lowest BCUT2D eigenvalue weighted by atomic mass is 10.3.